The van der Waals surface area contributed by atoms with Crippen molar-refractivity contribution < 1.29 is 14.8 Å². The summed E-state index contributed by atoms with van der Waals surface area (Å²) in [6, 6.07) is 1.28. The first-order chi connectivity index (χ1) is 5.61. The highest BCUT2D eigenvalue weighted by Crippen LogP contribution is 1.91. The molecular formula is C6H7BN2O3. The zero-order valence-electron chi connectivity index (χ0n) is 6.14. The van der Waals surface area contributed by atoms with E-state index in [9.17, 15) is 4.79 Å². The van der Waals surface area contributed by atoms with Crippen molar-refractivity contribution in [1.82, 2.24) is 4.98 Å². The van der Waals surface area contributed by atoms with Crippen LogP contribution in [0.1, 0.15) is 10.4 Å². The van der Waals surface area contributed by atoms with Crippen LogP contribution in [0.3, 0.4) is 0 Å². The monoisotopic (exact) mass is 166 g/mol. The summed E-state index contributed by atoms with van der Waals surface area (Å²) in [6.45, 7) is 0. The van der Waals surface area contributed by atoms with Crippen molar-refractivity contribution in [2.75, 3.05) is 0 Å². The number of pyridine rings is 1. The van der Waals surface area contributed by atoms with Gasteiger partial charge in [0.25, 0.3) is 0 Å². The average molecular weight is 166 g/mol. The van der Waals surface area contributed by atoms with Crippen LogP contribution >= 0.6 is 0 Å². The van der Waals surface area contributed by atoms with Gasteiger partial charge in [-0.3, -0.25) is 9.78 Å². The van der Waals surface area contributed by atoms with Crippen molar-refractivity contribution in [2.45, 2.75) is 0 Å². The summed E-state index contributed by atoms with van der Waals surface area (Å²) >= 11 is 0. The summed E-state index contributed by atoms with van der Waals surface area (Å²) in [4.78, 5) is 14.2. The second-order valence-corrected chi connectivity index (χ2v) is 2.24. The minimum Gasteiger partial charge on any atom is -0.423 e. The third-order valence-electron chi connectivity index (χ3n) is 1.34. The maximum Gasteiger partial charge on any atom is 0.490 e. The molecule has 12 heavy (non-hydrogen) atoms. The minimum absolute atomic E-state index is 0.145. The normalized spacial score (nSPS) is 9.50. The highest BCUT2D eigenvalue weighted by Gasteiger charge is 2.12. The smallest absolute Gasteiger partial charge is 0.423 e. The lowest BCUT2D eigenvalue weighted by Gasteiger charge is -1.99. The van der Waals surface area contributed by atoms with Gasteiger partial charge in [-0.1, -0.05) is 0 Å². The van der Waals surface area contributed by atoms with Gasteiger partial charge in [-0.25, -0.2) is 0 Å². The first-order valence-electron chi connectivity index (χ1n) is 3.22. The largest absolute Gasteiger partial charge is 0.490 e. The highest BCUT2D eigenvalue weighted by molar-refractivity contribution is 6.58. The first kappa shape index (κ1) is 8.70. The molecule has 6 heteroatoms. The van der Waals surface area contributed by atoms with E-state index in [1.165, 1.54) is 18.5 Å². The van der Waals surface area contributed by atoms with E-state index in [2.05, 4.69) is 4.98 Å². The Hall–Kier alpha value is -1.40. The van der Waals surface area contributed by atoms with Crippen LogP contribution in [0.4, 0.5) is 0 Å². The molecule has 1 amide bonds. The lowest BCUT2D eigenvalue weighted by Crippen LogP contribution is -2.31. The maximum absolute atomic E-state index is 10.6. The van der Waals surface area contributed by atoms with E-state index in [0.29, 0.717) is 0 Å². The number of nitrogens with zero attached hydrogens (tertiary/aromatic N) is 1. The number of carbonyl (C=O) groups is 1. The summed E-state index contributed by atoms with van der Waals surface area (Å²) in [5.74, 6) is -0.648. The number of nitrogens with two attached hydrogens (primary N) is 1. The SMILES string of the molecule is NC(=O)c1cncc(B(O)O)c1. The molecule has 0 saturated carbocycles. The molecule has 0 fully saturated rings. The highest BCUT2D eigenvalue weighted by atomic mass is 16.4. The Morgan fingerprint density at radius 3 is 2.67 bits per heavy atom. The van der Waals surface area contributed by atoms with Gasteiger partial charge in [0.1, 0.15) is 0 Å². The zero-order chi connectivity index (χ0) is 9.14. The summed E-state index contributed by atoms with van der Waals surface area (Å²) in [5, 5.41) is 17.4. The molecule has 1 aromatic rings. The molecular weight excluding hydrogens is 159 g/mol. The van der Waals surface area contributed by atoms with Gasteiger partial charge in [0, 0.05) is 17.9 Å². The van der Waals surface area contributed by atoms with Gasteiger partial charge in [-0.2, -0.15) is 0 Å². The van der Waals surface area contributed by atoms with Gasteiger partial charge < -0.3 is 15.8 Å². The number of aromatic nitrogens is 1. The molecule has 1 rings (SSSR count). The fourth-order valence-electron chi connectivity index (χ4n) is 0.734. The standard InChI is InChI=1S/C6H7BN2O3/c8-6(10)4-1-5(7(11)12)3-9-2-4/h1-3,11-12H,(H2,8,10). The fraction of sp³-hybridized carbons (Fsp3) is 0. The Kier molecular flexibility index (Phi) is 2.42. The predicted octanol–water partition coefficient (Wildman–Crippen LogP) is -2.14. The van der Waals surface area contributed by atoms with Crippen LogP contribution in [-0.4, -0.2) is 28.1 Å². The van der Waals surface area contributed by atoms with E-state index < -0.39 is 13.0 Å². The van der Waals surface area contributed by atoms with Gasteiger partial charge in [0.2, 0.25) is 5.91 Å². The third-order valence-corrected chi connectivity index (χ3v) is 1.34. The molecule has 1 aromatic heterocycles. The van der Waals surface area contributed by atoms with Crippen LogP contribution in [0.5, 0.6) is 0 Å². The molecule has 0 aliphatic rings. The molecule has 0 aliphatic carbocycles. The van der Waals surface area contributed by atoms with Crippen LogP contribution < -0.4 is 11.2 Å². The Balaban J connectivity index is 3.04. The molecule has 0 bridgehead atoms. The van der Waals surface area contributed by atoms with Crippen molar-refractivity contribution in [3.8, 4) is 0 Å². The second kappa shape index (κ2) is 3.33. The van der Waals surface area contributed by atoms with Gasteiger partial charge in [0.15, 0.2) is 0 Å². The van der Waals surface area contributed by atoms with E-state index in [1.54, 1.807) is 0 Å². The molecule has 62 valence electrons. The first-order valence-corrected chi connectivity index (χ1v) is 3.22. The van der Waals surface area contributed by atoms with E-state index >= 15 is 0 Å². The number of carbonyl (C=O) groups excluding carboxylic acids is 1. The van der Waals surface area contributed by atoms with Gasteiger partial charge >= 0.3 is 7.12 Å². The minimum atomic E-state index is -1.63. The van der Waals surface area contributed by atoms with E-state index in [4.69, 9.17) is 15.8 Å². The Bertz CT molecular complexity index is 303. The van der Waals surface area contributed by atoms with Crippen LogP contribution in [-0.2, 0) is 0 Å². The van der Waals surface area contributed by atoms with E-state index in [1.807, 2.05) is 0 Å². The lowest BCUT2D eigenvalue weighted by molar-refractivity contribution is 0.1000. The fourth-order valence-corrected chi connectivity index (χ4v) is 0.734. The second-order valence-electron chi connectivity index (χ2n) is 2.24. The number of hydrogen-bond donors (Lipinski definition) is 3. The van der Waals surface area contributed by atoms with Gasteiger partial charge in [-0.05, 0) is 6.07 Å². The predicted molar refractivity (Wildman–Crippen MR) is 42.6 cm³/mol. The van der Waals surface area contributed by atoms with Crippen LogP contribution in [0, 0.1) is 0 Å². The molecule has 5 nitrogen and oxygen atoms in total. The zero-order valence-corrected chi connectivity index (χ0v) is 6.14. The average Bonchev–Trinajstić information content (AvgIpc) is 2.04. The molecule has 0 saturated heterocycles. The molecule has 0 radical (unpaired) electrons. The summed E-state index contributed by atoms with van der Waals surface area (Å²) in [7, 11) is -1.63. The van der Waals surface area contributed by atoms with Crippen LogP contribution in [0.25, 0.3) is 0 Å². The van der Waals surface area contributed by atoms with Crippen molar-refractivity contribution in [1.29, 1.82) is 0 Å². The van der Waals surface area contributed by atoms with Gasteiger partial charge in [0.05, 0.1) is 5.56 Å². The number of amides is 1. The summed E-state index contributed by atoms with van der Waals surface area (Å²) < 4.78 is 0. The lowest BCUT2D eigenvalue weighted by atomic mass is 9.81. The summed E-state index contributed by atoms with van der Waals surface area (Å²) in [6.07, 6.45) is 2.51. The van der Waals surface area contributed by atoms with Crippen molar-refractivity contribution in [3.05, 3.63) is 24.0 Å². The molecule has 0 aromatic carbocycles. The topological polar surface area (TPSA) is 96.4 Å². The number of primary amides is 1. The Morgan fingerprint density at radius 1 is 1.50 bits per heavy atom. The summed E-state index contributed by atoms with van der Waals surface area (Å²) in [5.41, 5.74) is 5.24. The van der Waals surface area contributed by atoms with Crippen molar-refractivity contribution in [3.63, 3.8) is 0 Å². The van der Waals surface area contributed by atoms with E-state index in [-0.39, 0.29) is 11.0 Å². The number of hydrogen-bond acceptors (Lipinski definition) is 4. The maximum atomic E-state index is 10.6. The molecule has 0 spiro atoms. The quantitative estimate of drug-likeness (QED) is 0.436. The van der Waals surface area contributed by atoms with Gasteiger partial charge in [-0.15, -0.1) is 0 Å². The molecule has 1 heterocycles. The molecule has 4 N–H and O–H groups in total. The number of rotatable bonds is 2. The van der Waals surface area contributed by atoms with Crippen LogP contribution in [0.2, 0.25) is 0 Å². The van der Waals surface area contributed by atoms with Crippen LogP contribution in [0.15, 0.2) is 18.5 Å². The molecule has 0 aliphatic heterocycles. The van der Waals surface area contributed by atoms with E-state index in [0.717, 1.165) is 0 Å². The molecule has 0 atom stereocenters. The third kappa shape index (κ3) is 1.80. The van der Waals surface area contributed by atoms with Crippen molar-refractivity contribution >= 4 is 18.5 Å². The Labute approximate surface area is 69.0 Å². The Morgan fingerprint density at radius 2 is 2.17 bits per heavy atom. The molecule has 0 unspecified atom stereocenters. The van der Waals surface area contributed by atoms with Crippen molar-refractivity contribution in [2.24, 2.45) is 5.73 Å².